The summed E-state index contributed by atoms with van der Waals surface area (Å²) in [5.41, 5.74) is 6.62. The number of hydrogen-bond acceptors (Lipinski definition) is 12. The molecule has 0 amide bonds. The number of esters is 1. The highest BCUT2D eigenvalue weighted by atomic mass is 35.5. The molecule has 1 aliphatic heterocycles. The van der Waals surface area contributed by atoms with Gasteiger partial charge in [0.25, 0.3) is 0 Å². The van der Waals surface area contributed by atoms with Crippen LogP contribution in [0.15, 0.2) is 36.7 Å². The SMILES string of the molecule is CNc1nc(N)nc2c1ncn2[C@@H]1O[C@H](COP(=O)(N[C@@H](C)C(=O)OC(C)C)Oc2ccccc2)[C@@H](O)[C@@]1(C)Cl. The molecule has 0 bridgehead atoms. The summed E-state index contributed by atoms with van der Waals surface area (Å²) in [7, 11) is -2.53. The molecule has 1 aliphatic rings. The highest BCUT2D eigenvalue weighted by molar-refractivity contribution is 7.52. The van der Waals surface area contributed by atoms with Crippen LogP contribution in [0, 0.1) is 0 Å². The number of carbonyl (C=O) groups excluding carboxylic acids is 1. The number of nitrogens with two attached hydrogens (primary N) is 1. The summed E-state index contributed by atoms with van der Waals surface area (Å²) in [5, 5.41) is 16.6. The van der Waals surface area contributed by atoms with E-state index < -0.39 is 49.7 Å². The molecule has 1 aromatic carbocycles. The van der Waals surface area contributed by atoms with Gasteiger partial charge in [-0.15, -0.1) is 11.6 Å². The number of imidazole rings is 1. The average Bonchev–Trinajstić information content (AvgIpc) is 3.40. The number of hydrogen-bond donors (Lipinski definition) is 4. The molecule has 40 heavy (non-hydrogen) atoms. The Kier molecular flexibility index (Phi) is 8.88. The van der Waals surface area contributed by atoms with E-state index in [-0.39, 0.29) is 17.8 Å². The van der Waals surface area contributed by atoms with Gasteiger partial charge in [0, 0.05) is 7.05 Å². The average molecular weight is 598 g/mol. The molecule has 3 aromatic rings. The van der Waals surface area contributed by atoms with Crippen LogP contribution in [-0.2, 0) is 23.4 Å². The number of nitrogen functional groups attached to an aromatic ring is 1. The van der Waals surface area contributed by atoms with Crippen LogP contribution in [0.1, 0.15) is 33.9 Å². The van der Waals surface area contributed by atoms with E-state index in [1.165, 1.54) is 17.8 Å². The van der Waals surface area contributed by atoms with Crippen LogP contribution < -0.4 is 20.7 Å². The Labute approximate surface area is 236 Å². The van der Waals surface area contributed by atoms with Crippen molar-refractivity contribution in [3.63, 3.8) is 0 Å². The number of fused-ring (bicyclic) bond motifs is 1. The third-order valence-corrected chi connectivity index (χ3v) is 8.13. The summed E-state index contributed by atoms with van der Waals surface area (Å²) in [6, 6.07) is 7.26. The highest BCUT2D eigenvalue weighted by Gasteiger charge is 2.54. The molecule has 1 unspecified atom stereocenters. The topological polar surface area (TPSA) is 185 Å². The van der Waals surface area contributed by atoms with Crippen molar-refractivity contribution in [2.75, 3.05) is 24.7 Å². The minimum atomic E-state index is -4.20. The molecular weight excluding hydrogens is 565 g/mol. The minimum absolute atomic E-state index is 0.00323. The van der Waals surface area contributed by atoms with Crippen LogP contribution >= 0.6 is 19.3 Å². The van der Waals surface area contributed by atoms with Gasteiger partial charge in [0.1, 0.15) is 28.9 Å². The number of aliphatic hydroxyl groups is 1. The maximum atomic E-state index is 13.8. The minimum Gasteiger partial charge on any atom is -0.462 e. The molecule has 1 fully saturated rings. The van der Waals surface area contributed by atoms with Crippen molar-refractivity contribution in [3.8, 4) is 5.75 Å². The molecule has 0 aliphatic carbocycles. The molecule has 0 spiro atoms. The van der Waals surface area contributed by atoms with E-state index in [0.29, 0.717) is 17.0 Å². The lowest BCUT2D eigenvalue weighted by Crippen LogP contribution is -2.40. The first-order valence-corrected chi connectivity index (χ1v) is 14.4. The predicted octanol–water partition coefficient (Wildman–Crippen LogP) is 2.84. The van der Waals surface area contributed by atoms with Gasteiger partial charge in [-0.1, -0.05) is 18.2 Å². The van der Waals surface area contributed by atoms with Gasteiger partial charge in [0.05, 0.1) is 19.0 Å². The number of nitrogens with one attached hydrogen (secondary N) is 2. The number of benzene rings is 1. The number of carbonyl (C=O) groups is 1. The smallest absolute Gasteiger partial charge is 0.459 e. The lowest BCUT2D eigenvalue weighted by molar-refractivity contribution is -0.149. The zero-order chi connectivity index (χ0) is 29.2. The van der Waals surface area contributed by atoms with Crippen molar-refractivity contribution in [1.82, 2.24) is 24.6 Å². The van der Waals surface area contributed by atoms with Crippen LogP contribution in [-0.4, -0.2) is 73.5 Å². The molecule has 5 N–H and O–H groups in total. The Morgan fingerprint density at radius 1 is 1.30 bits per heavy atom. The lowest BCUT2D eigenvalue weighted by Gasteiger charge is -2.26. The second-order valence-corrected chi connectivity index (χ2v) is 12.2. The van der Waals surface area contributed by atoms with Crippen LogP contribution in [0.3, 0.4) is 0 Å². The molecule has 0 radical (unpaired) electrons. The fourth-order valence-electron chi connectivity index (χ4n) is 4.14. The number of alkyl halides is 1. The van der Waals surface area contributed by atoms with Crippen molar-refractivity contribution in [1.29, 1.82) is 0 Å². The maximum Gasteiger partial charge on any atom is 0.459 e. The van der Waals surface area contributed by atoms with Gasteiger partial charge in [-0.3, -0.25) is 13.9 Å². The molecule has 14 nitrogen and oxygen atoms in total. The van der Waals surface area contributed by atoms with Crippen molar-refractivity contribution in [2.45, 2.75) is 63.2 Å². The van der Waals surface area contributed by atoms with E-state index in [0.717, 1.165) is 0 Å². The standard InChI is InChI=1S/C24H33ClN7O7P/c1-13(2)37-21(34)14(3)31-40(35,39-15-9-7-6-8-10-15)36-11-16-18(33)24(4,25)22(38-16)32-12-28-17-19(27-5)29-23(26)30-20(17)32/h6-10,12-14,16,18,22,33H,11H2,1-5H3,(H,31,35)(H3,26,27,29,30)/t14-,16+,18+,22+,24+,40?/m0/s1. The Bertz CT molecular complexity index is 1390. The van der Waals surface area contributed by atoms with Crippen molar-refractivity contribution < 1.29 is 33.0 Å². The molecule has 4 rings (SSSR count). The maximum absolute atomic E-state index is 13.8. The van der Waals surface area contributed by atoms with Crippen LogP contribution in [0.25, 0.3) is 11.2 Å². The third-order valence-electron chi connectivity index (χ3n) is 6.08. The molecule has 6 atom stereocenters. The number of ether oxygens (including phenoxy) is 2. The first kappa shape index (κ1) is 30.0. The first-order valence-electron chi connectivity index (χ1n) is 12.5. The van der Waals surface area contributed by atoms with E-state index >= 15 is 0 Å². The summed E-state index contributed by atoms with van der Waals surface area (Å²) >= 11 is 6.79. The van der Waals surface area contributed by atoms with E-state index in [1.807, 2.05) is 0 Å². The number of anilines is 2. The summed E-state index contributed by atoms with van der Waals surface area (Å²) in [4.78, 5) is 23.7. The van der Waals surface area contributed by atoms with Gasteiger partial charge >= 0.3 is 13.7 Å². The molecule has 2 aromatic heterocycles. The summed E-state index contributed by atoms with van der Waals surface area (Å²) < 4.78 is 38.0. The second-order valence-electron chi connectivity index (χ2n) is 9.66. The first-order chi connectivity index (χ1) is 18.8. The molecule has 218 valence electrons. The molecule has 3 heterocycles. The molecule has 0 saturated carbocycles. The van der Waals surface area contributed by atoms with Crippen LogP contribution in [0.5, 0.6) is 5.75 Å². The number of nitrogens with zero attached hydrogens (tertiary/aromatic N) is 4. The Balaban J connectivity index is 1.56. The van der Waals surface area contributed by atoms with Gasteiger partial charge < -0.3 is 30.2 Å². The summed E-state index contributed by atoms with van der Waals surface area (Å²) in [6.07, 6.45) is -2.23. The number of aliphatic hydroxyl groups excluding tert-OH is 1. The number of rotatable bonds is 11. The highest BCUT2D eigenvalue weighted by Crippen LogP contribution is 2.48. The quantitative estimate of drug-likeness (QED) is 0.144. The number of aromatic nitrogens is 4. The van der Waals surface area contributed by atoms with Crippen molar-refractivity contribution in [2.24, 2.45) is 0 Å². The zero-order valence-electron chi connectivity index (χ0n) is 22.6. The zero-order valence-corrected chi connectivity index (χ0v) is 24.3. The van der Waals surface area contributed by atoms with E-state index in [1.54, 1.807) is 58.2 Å². The molecule has 16 heteroatoms. The fraction of sp³-hybridized carbons (Fsp3) is 0.500. The second kappa shape index (κ2) is 11.9. The van der Waals surface area contributed by atoms with Crippen molar-refractivity contribution in [3.05, 3.63) is 36.7 Å². The Hall–Kier alpha value is -3.00. The van der Waals surface area contributed by atoms with E-state index in [2.05, 4.69) is 25.4 Å². The Morgan fingerprint density at radius 2 is 2.00 bits per heavy atom. The van der Waals surface area contributed by atoms with Gasteiger partial charge in [-0.05, 0) is 39.8 Å². The number of para-hydroxylation sites is 1. The Morgan fingerprint density at radius 3 is 2.65 bits per heavy atom. The van der Waals surface area contributed by atoms with Gasteiger partial charge in [-0.2, -0.15) is 15.1 Å². The molecule has 1 saturated heterocycles. The van der Waals surface area contributed by atoms with Crippen LogP contribution in [0.2, 0.25) is 0 Å². The van der Waals surface area contributed by atoms with Gasteiger partial charge in [0.2, 0.25) is 5.95 Å². The number of halogens is 1. The van der Waals surface area contributed by atoms with Gasteiger partial charge in [0.15, 0.2) is 23.2 Å². The largest absolute Gasteiger partial charge is 0.462 e. The predicted molar refractivity (Wildman–Crippen MR) is 148 cm³/mol. The van der Waals surface area contributed by atoms with Gasteiger partial charge in [-0.25, -0.2) is 9.55 Å². The van der Waals surface area contributed by atoms with E-state index in [4.69, 9.17) is 35.9 Å². The van der Waals surface area contributed by atoms with Crippen LogP contribution in [0.4, 0.5) is 11.8 Å². The summed E-state index contributed by atoms with van der Waals surface area (Å²) in [5.74, 6) is 0.00283. The fourth-order valence-corrected chi connectivity index (χ4v) is 5.93. The van der Waals surface area contributed by atoms with Crippen molar-refractivity contribution >= 4 is 48.2 Å². The third kappa shape index (κ3) is 6.32. The normalized spacial score (nSPS) is 25.1. The van der Waals surface area contributed by atoms with E-state index in [9.17, 15) is 14.5 Å². The summed E-state index contributed by atoms with van der Waals surface area (Å²) in [6.45, 7) is 6.04. The molecular formula is C24H33ClN7O7P. The lowest BCUT2D eigenvalue weighted by atomic mass is 10.0. The monoisotopic (exact) mass is 597 g/mol.